The molecule has 2 heterocycles. The van der Waals surface area contributed by atoms with Crippen molar-refractivity contribution in [1.82, 2.24) is 9.80 Å². The Morgan fingerprint density at radius 1 is 1.28 bits per heavy atom. The zero-order valence-electron chi connectivity index (χ0n) is 11.5. The maximum absolute atomic E-state index is 6.00. The van der Waals surface area contributed by atoms with E-state index in [0.29, 0.717) is 24.1 Å². The summed E-state index contributed by atoms with van der Waals surface area (Å²) in [7, 11) is 0. The van der Waals surface area contributed by atoms with Gasteiger partial charge in [-0.2, -0.15) is 0 Å². The van der Waals surface area contributed by atoms with Crippen molar-refractivity contribution in [3.63, 3.8) is 0 Å². The summed E-state index contributed by atoms with van der Waals surface area (Å²) in [5.41, 5.74) is 0. The second-order valence-electron chi connectivity index (χ2n) is 5.46. The lowest BCUT2D eigenvalue weighted by Crippen LogP contribution is -2.54. The van der Waals surface area contributed by atoms with Gasteiger partial charge in [-0.05, 0) is 13.8 Å². The van der Waals surface area contributed by atoms with Crippen LogP contribution in [0.15, 0.2) is 0 Å². The van der Waals surface area contributed by atoms with Gasteiger partial charge in [0.25, 0.3) is 0 Å². The maximum Gasteiger partial charge on any atom is 0.0829 e. The van der Waals surface area contributed by atoms with E-state index < -0.39 is 0 Å². The molecule has 0 spiro atoms. The summed E-state index contributed by atoms with van der Waals surface area (Å²) in [5.74, 6) is 0.639. The average molecular weight is 277 g/mol. The Bertz CT molecular complexity index is 253. The number of halogens is 1. The van der Waals surface area contributed by atoms with Gasteiger partial charge in [0.1, 0.15) is 0 Å². The fourth-order valence-electron chi connectivity index (χ4n) is 2.65. The second-order valence-corrected chi connectivity index (χ2v) is 5.77. The molecule has 2 aliphatic rings. The van der Waals surface area contributed by atoms with E-state index in [4.69, 9.17) is 21.1 Å². The van der Waals surface area contributed by atoms with Crippen LogP contribution in [0.2, 0.25) is 0 Å². The molecule has 0 aromatic rings. The Labute approximate surface area is 115 Å². The van der Waals surface area contributed by atoms with Crippen LogP contribution in [0, 0.1) is 0 Å². The number of morpholine rings is 2. The molecule has 2 unspecified atom stereocenters. The van der Waals surface area contributed by atoms with Gasteiger partial charge < -0.3 is 9.47 Å². The lowest BCUT2D eigenvalue weighted by Gasteiger charge is -2.40. The van der Waals surface area contributed by atoms with E-state index >= 15 is 0 Å². The number of nitrogens with zero attached hydrogens (tertiary/aromatic N) is 2. The van der Waals surface area contributed by atoms with Gasteiger partial charge in [0.05, 0.1) is 25.9 Å². The number of rotatable bonds is 4. The highest BCUT2D eigenvalue weighted by Crippen LogP contribution is 2.14. The minimum Gasteiger partial charge on any atom is -0.378 e. The van der Waals surface area contributed by atoms with E-state index in [0.717, 1.165) is 46.0 Å². The molecule has 0 bridgehead atoms. The van der Waals surface area contributed by atoms with Crippen molar-refractivity contribution >= 4 is 11.6 Å². The summed E-state index contributed by atoms with van der Waals surface area (Å²) < 4.78 is 11.4. The van der Waals surface area contributed by atoms with E-state index in [-0.39, 0.29) is 0 Å². The van der Waals surface area contributed by atoms with E-state index in [2.05, 4.69) is 23.6 Å². The fraction of sp³-hybridized carbons (Fsp3) is 1.00. The topological polar surface area (TPSA) is 24.9 Å². The van der Waals surface area contributed by atoms with Crippen LogP contribution in [-0.4, -0.2) is 79.9 Å². The molecule has 0 radical (unpaired) electrons. The standard InChI is InChI=1S/C13H25ClN2O2/c1-11(2)15-4-6-18-13(8-15)9-16-3-5-17-10-12(16)7-14/h11-13H,3-10H2,1-2H3. The zero-order valence-corrected chi connectivity index (χ0v) is 12.2. The van der Waals surface area contributed by atoms with Crippen LogP contribution in [0.1, 0.15) is 13.8 Å². The highest BCUT2D eigenvalue weighted by atomic mass is 35.5. The first-order chi connectivity index (χ1) is 8.70. The third-order valence-corrected chi connectivity index (χ3v) is 4.22. The maximum atomic E-state index is 6.00. The minimum atomic E-state index is 0.310. The van der Waals surface area contributed by atoms with Crippen molar-refractivity contribution in [1.29, 1.82) is 0 Å². The van der Waals surface area contributed by atoms with Gasteiger partial charge in [-0.15, -0.1) is 11.6 Å². The predicted octanol–water partition coefficient (Wildman–Crippen LogP) is 1.04. The third kappa shape index (κ3) is 3.81. The molecule has 2 rings (SSSR count). The summed E-state index contributed by atoms with van der Waals surface area (Å²) in [6.45, 7) is 10.9. The Balaban J connectivity index is 1.84. The van der Waals surface area contributed by atoms with Crippen molar-refractivity contribution in [3.05, 3.63) is 0 Å². The molecule has 4 nitrogen and oxygen atoms in total. The summed E-state index contributed by atoms with van der Waals surface area (Å²) in [4.78, 5) is 4.91. The molecule has 0 saturated carbocycles. The van der Waals surface area contributed by atoms with Gasteiger partial charge in [0.15, 0.2) is 0 Å². The molecule has 106 valence electrons. The lowest BCUT2D eigenvalue weighted by molar-refractivity contribution is -0.0749. The molecule has 2 aliphatic heterocycles. The third-order valence-electron chi connectivity index (χ3n) is 3.87. The highest BCUT2D eigenvalue weighted by Gasteiger charge is 2.28. The largest absolute Gasteiger partial charge is 0.378 e. The van der Waals surface area contributed by atoms with Crippen molar-refractivity contribution in [2.75, 3.05) is 51.9 Å². The molecule has 0 aliphatic carbocycles. The predicted molar refractivity (Wildman–Crippen MR) is 73.3 cm³/mol. The normalized spacial score (nSPS) is 32.0. The summed E-state index contributed by atoms with van der Waals surface area (Å²) in [6.07, 6.45) is 0.310. The quantitative estimate of drug-likeness (QED) is 0.717. The van der Waals surface area contributed by atoms with Gasteiger partial charge >= 0.3 is 0 Å². The van der Waals surface area contributed by atoms with Gasteiger partial charge in [0.2, 0.25) is 0 Å². The molecule has 0 amide bonds. The van der Waals surface area contributed by atoms with Crippen molar-refractivity contribution in [2.24, 2.45) is 0 Å². The average Bonchev–Trinajstić information content (AvgIpc) is 2.39. The van der Waals surface area contributed by atoms with E-state index in [1.807, 2.05) is 0 Å². The van der Waals surface area contributed by atoms with Crippen LogP contribution in [-0.2, 0) is 9.47 Å². The lowest BCUT2D eigenvalue weighted by atomic mass is 10.2. The Morgan fingerprint density at radius 3 is 2.83 bits per heavy atom. The van der Waals surface area contributed by atoms with E-state index in [1.165, 1.54) is 0 Å². The Hall–Kier alpha value is 0.130. The van der Waals surface area contributed by atoms with E-state index in [1.54, 1.807) is 0 Å². The monoisotopic (exact) mass is 276 g/mol. The van der Waals surface area contributed by atoms with Gasteiger partial charge in [-0.25, -0.2) is 0 Å². The van der Waals surface area contributed by atoms with E-state index in [9.17, 15) is 0 Å². The van der Waals surface area contributed by atoms with Crippen LogP contribution in [0.4, 0.5) is 0 Å². The Kier molecular flexibility index (Phi) is 5.70. The van der Waals surface area contributed by atoms with Crippen molar-refractivity contribution in [3.8, 4) is 0 Å². The molecule has 5 heteroatoms. The van der Waals surface area contributed by atoms with Gasteiger partial charge in [-0.1, -0.05) is 0 Å². The molecule has 2 saturated heterocycles. The number of alkyl halides is 1. The van der Waals surface area contributed by atoms with Crippen LogP contribution in [0.25, 0.3) is 0 Å². The summed E-state index contributed by atoms with van der Waals surface area (Å²) >= 11 is 6.00. The SMILES string of the molecule is CC(C)N1CCOC(CN2CCOCC2CCl)C1. The van der Waals surface area contributed by atoms with Crippen molar-refractivity contribution in [2.45, 2.75) is 32.0 Å². The summed E-state index contributed by atoms with van der Waals surface area (Å²) in [6, 6.07) is 0.948. The molecule has 0 N–H and O–H groups in total. The molecular formula is C13H25ClN2O2. The first-order valence-electron chi connectivity index (χ1n) is 6.94. The fourth-order valence-corrected chi connectivity index (χ4v) is 2.94. The van der Waals surface area contributed by atoms with Crippen LogP contribution in [0.5, 0.6) is 0 Å². The molecule has 2 atom stereocenters. The van der Waals surface area contributed by atoms with Gasteiger partial charge in [-0.3, -0.25) is 9.80 Å². The molecular weight excluding hydrogens is 252 g/mol. The first-order valence-corrected chi connectivity index (χ1v) is 7.47. The first kappa shape index (κ1) is 14.5. The highest BCUT2D eigenvalue weighted by molar-refractivity contribution is 6.18. The molecule has 18 heavy (non-hydrogen) atoms. The number of ether oxygens (including phenoxy) is 2. The van der Waals surface area contributed by atoms with Crippen molar-refractivity contribution < 1.29 is 9.47 Å². The molecule has 2 fully saturated rings. The Morgan fingerprint density at radius 2 is 2.11 bits per heavy atom. The zero-order chi connectivity index (χ0) is 13.0. The van der Waals surface area contributed by atoms with Gasteiger partial charge in [0, 0.05) is 44.1 Å². The second kappa shape index (κ2) is 7.06. The smallest absolute Gasteiger partial charge is 0.0829 e. The number of hydrogen-bond donors (Lipinski definition) is 0. The van der Waals surface area contributed by atoms with Crippen LogP contribution in [0.3, 0.4) is 0 Å². The molecule has 0 aromatic heterocycles. The van der Waals surface area contributed by atoms with Crippen LogP contribution < -0.4 is 0 Å². The molecule has 0 aromatic carbocycles. The van der Waals surface area contributed by atoms with Crippen LogP contribution >= 0.6 is 11.6 Å². The minimum absolute atomic E-state index is 0.310. The summed E-state index contributed by atoms with van der Waals surface area (Å²) in [5, 5.41) is 0. The number of hydrogen-bond acceptors (Lipinski definition) is 4.